The van der Waals surface area contributed by atoms with Gasteiger partial charge < -0.3 is 10.5 Å². The lowest BCUT2D eigenvalue weighted by Gasteiger charge is -2.37. The van der Waals surface area contributed by atoms with Gasteiger partial charge in [0.2, 0.25) is 0 Å². The average molecular weight is 200 g/mol. The van der Waals surface area contributed by atoms with Crippen molar-refractivity contribution in [1.29, 1.82) is 0 Å². The third-order valence-corrected chi connectivity index (χ3v) is 3.78. The Morgan fingerprint density at radius 1 is 1.43 bits per heavy atom. The van der Waals surface area contributed by atoms with Crippen LogP contribution in [0.25, 0.3) is 0 Å². The molecule has 1 aliphatic rings. The summed E-state index contributed by atoms with van der Waals surface area (Å²) in [4.78, 5) is 2.43. The van der Waals surface area contributed by atoms with Crippen LogP contribution in [-0.2, 0) is 4.74 Å². The molecule has 1 heterocycles. The molecule has 0 saturated carbocycles. The number of nitrogens with two attached hydrogens (primary N) is 1. The minimum absolute atomic E-state index is 0.0935. The van der Waals surface area contributed by atoms with Crippen molar-refractivity contribution in [3.63, 3.8) is 0 Å². The molecule has 14 heavy (non-hydrogen) atoms. The molecule has 0 spiro atoms. The van der Waals surface area contributed by atoms with Crippen LogP contribution in [0.15, 0.2) is 0 Å². The van der Waals surface area contributed by atoms with Crippen LogP contribution in [0.2, 0.25) is 0 Å². The van der Waals surface area contributed by atoms with Gasteiger partial charge in [0.05, 0.1) is 5.60 Å². The smallest absolute Gasteiger partial charge is 0.0774 e. The molecule has 0 radical (unpaired) electrons. The highest BCUT2D eigenvalue weighted by Gasteiger charge is 2.36. The maximum atomic E-state index is 6.01. The van der Waals surface area contributed by atoms with E-state index in [2.05, 4.69) is 32.6 Å². The van der Waals surface area contributed by atoms with Crippen LogP contribution < -0.4 is 5.73 Å². The summed E-state index contributed by atoms with van der Waals surface area (Å²) in [6, 6.07) is 0.744. The number of nitrogens with zero attached hydrogens (tertiary/aromatic N) is 1. The summed E-state index contributed by atoms with van der Waals surface area (Å²) in [5.41, 5.74) is 5.92. The number of hydrogen-bond acceptors (Lipinski definition) is 3. The van der Waals surface area contributed by atoms with E-state index in [0.29, 0.717) is 18.0 Å². The summed E-state index contributed by atoms with van der Waals surface area (Å²) in [5, 5.41) is 0. The fourth-order valence-corrected chi connectivity index (χ4v) is 1.96. The van der Waals surface area contributed by atoms with Crippen LogP contribution in [-0.4, -0.2) is 42.8 Å². The molecule has 3 nitrogen and oxygen atoms in total. The molecule has 1 aliphatic heterocycles. The van der Waals surface area contributed by atoms with E-state index in [9.17, 15) is 0 Å². The van der Waals surface area contributed by atoms with Crippen LogP contribution >= 0.6 is 0 Å². The zero-order valence-electron chi connectivity index (χ0n) is 10.1. The van der Waals surface area contributed by atoms with E-state index < -0.39 is 0 Å². The predicted molar refractivity (Wildman–Crippen MR) is 59.3 cm³/mol. The Kier molecular flexibility index (Phi) is 3.56. The molecule has 0 aromatic carbocycles. The van der Waals surface area contributed by atoms with Crippen molar-refractivity contribution in [2.24, 2.45) is 11.7 Å². The molecule has 1 rings (SSSR count). The first-order valence-corrected chi connectivity index (χ1v) is 5.43. The molecular weight excluding hydrogens is 176 g/mol. The summed E-state index contributed by atoms with van der Waals surface area (Å²) >= 11 is 0. The summed E-state index contributed by atoms with van der Waals surface area (Å²) in [7, 11) is 1.77. The normalized spacial score (nSPS) is 32.1. The van der Waals surface area contributed by atoms with Gasteiger partial charge in [0.25, 0.3) is 0 Å². The maximum Gasteiger partial charge on any atom is 0.0774 e. The van der Waals surface area contributed by atoms with Crippen molar-refractivity contribution in [1.82, 2.24) is 4.90 Å². The lowest BCUT2D eigenvalue weighted by Crippen LogP contribution is -2.48. The average Bonchev–Trinajstić information content (AvgIpc) is 2.45. The second-order valence-corrected chi connectivity index (χ2v) is 5.08. The molecule has 84 valence electrons. The Balaban J connectivity index is 2.59. The SMILES string of the molecule is COC(C)(C)C(C)N1CC(C)C(N)C1. The highest BCUT2D eigenvalue weighted by Crippen LogP contribution is 2.24. The van der Waals surface area contributed by atoms with Gasteiger partial charge in [-0.15, -0.1) is 0 Å². The van der Waals surface area contributed by atoms with Crippen LogP contribution in [0, 0.1) is 5.92 Å². The van der Waals surface area contributed by atoms with Crippen LogP contribution in [0.4, 0.5) is 0 Å². The van der Waals surface area contributed by atoms with Gasteiger partial charge >= 0.3 is 0 Å². The van der Waals surface area contributed by atoms with Gasteiger partial charge in [-0.25, -0.2) is 0 Å². The standard InChI is InChI=1S/C11H24N2O/c1-8-6-13(7-10(8)12)9(2)11(3,4)14-5/h8-10H,6-7,12H2,1-5H3. The molecule has 2 N–H and O–H groups in total. The first kappa shape index (κ1) is 12.0. The molecule has 3 heteroatoms. The fourth-order valence-electron chi connectivity index (χ4n) is 1.96. The van der Waals surface area contributed by atoms with Gasteiger partial charge in [0.15, 0.2) is 0 Å². The molecule has 1 fully saturated rings. The number of methoxy groups -OCH3 is 1. The Hall–Kier alpha value is -0.120. The van der Waals surface area contributed by atoms with Gasteiger partial charge in [0, 0.05) is 32.3 Å². The van der Waals surface area contributed by atoms with Gasteiger partial charge in [-0.05, 0) is 26.7 Å². The fraction of sp³-hybridized carbons (Fsp3) is 1.00. The largest absolute Gasteiger partial charge is 0.377 e. The Morgan fingerprint density at radius 3 is 2.36 bits per heavy atom. The van der Waals surface area contributed by atoms with Crippen molar-refractivity contribution in [2.45, 2.75) is 45.4 Å². The molecule has 0 bridgehead atoms. The van der Waals surface area contributed by atoms with E-state index >= 15 is 0 Å². The predicted octanol–water partition coefficient (Wildman–Crippen LogP) is 1.08. The van der Waals surface area contributed by atoms with Crippen molar-refractivity contribution in [2.75, 3.05) is 20.2 Å². The third kappa shape index (κ3) is 2.27. The van der Waals surface area contributed by atoms with E-state index in [1.165, 1.54) is 0 Å². The highest BCUT2D eigenvalue weighted by atomic mass is 16.5. The van der Waals surface area contributed by atoms with E-state index in [1.807, 2.05) is 0 Å². The number of rotatable bonds is 3. The van der Waals surface area contributed by atoms with Crippen LogP contribution in [0.5, 0.6) is 0 Å². The van der Waals surface area contributed by atoms with Gasteiger partial charge in [-0.3, -0.25) is 4.90 Å². The van der Waals surface area contributed by atoms with Gasteiger partial charge in [-0.2, -0.15) is 0 Å². The summed E-state index contributed by atoms with van der Waals surface area (Å²) in [5.74, 6) is 0.602. The van der Waals surface area contributed by atoms with Crippen molar-refractivity contribution in [3.8, 4) is 0 Å². The lowest BCUT2D eigenvalue weighted by atomic mass is 9.99. The first-order valence-electron chi connectivity index (χ1n) is 5.43. The number of likely N-dealkylation sites (tertiary alicyclic amines) is 1. The zero-order chi connectivity index (χ0) is 10.9. The molecule has 1 saturated heterocycles. The first-order chi connectivity index (χ1) is 6.38. The van der Waals surface area contributed by atoms with Crippen LogP contribution in [0.1, 0.15) is 27.7 Å². The minimum atomic E-state index is -0.0935. The molecule has 0 aliphatic carbocycles. The van der Waals surface area contributed by atoms with Crippen molar-refractivity contribution in [3.05, 3.63) is 0 Å². The van der Waals surface area contributed by atoms with E-state index in [1.54, 1.807) is 7.11 Å². The Labute approximate surface area is 87.6 Å². The van der Waals surface area contributed by atoms with Gasteiger partial charge in [-0.1, -0.05) is 6.92 Å². The minimum Gasteiger partial charge on any atom is -0.377 e. The monoisotopic (exact) mass is 200 g/mol. The molecule has 0 amide bonds. The molecule has 0 aromatic heterocycles. The van der Waals surface area contributed by atoms with E-state index in [-0.39, 0.29) is 5.60 Å². The molecular formula is C11H24N2O. The zero-order valence-corrected chi connectivity index (χ0v) is 10.1. The maximum absolute atomic E-state index is 6.01. The number of hydrogen-bond donors (Lipinski definition) is 1. The van der Waals surface area contributed by atoms with Gasteiger partial charge in [0.1, 0.15) is 0 Å². The summed E-state index contributed by atoms with van der Waals surface area (Å²) in [6.07, 6.45) is 0. The van der Waals surface area contributed by atoms with E-state index in [0.717, 1.165) is 13.1 Å². The van der Waals surface area contributed by atoms with Crippen LogP contribution in [0.3, 0.4) is 0 Å². The van der Waals surface area contributed by atoms with Crippen molar-refractivity contribution >= 4 is 0 Å². The molecule has 3 unspecified atom stereocenters. The van der Waals surface area contributed by atoms with E-state index in [4.69, 9.17) is 10.5 Å². The lowest BCUT2D eigenvalue weighted by molar-refractivity contribution is -0.0414. The second kappa shape index (κ2) is 4.17. The molecule has 3 atom stereocenters. The summed E-state index contributed by atoms with van der Waals surface area (Å²) < 4.78 is 5.50. The Morgan fingerprint density at radius 2 is 2.00 bits per heavy atom. The van der Waals surface area contributed by atoms with Crippen molar-refractivity contribution < 1.29 is 4.74 Å². The Bertz CT molecular complexity index is 184. The number of ether oxygens (including phenoxy) is 1. The quantitative estimate of drug-likeness (QED) is 0.741. The summed E-state index contributed by atoms with van der Waals surface area (Å²) in [6.45, 7) is 10.8. The second-order valence-electron chi connectivity index (χ2n) is 5.08. The third-order valence-electron chi connectivity index (χ3n) is 3.78. The highest BCUT2D eigenvalue weighted by molar-refractivity contribution is 4.92. The topological polar surface area (TPSA) is 38.5 Å². The molecule has 0 aromatic rings.